The Kier molecular flexibility index (Phi) is 10.2. The quantitative estimate of drug-likeness (QED) is 0.263. The number of allylic oxidation sites excluding steroid dienone is 1. The van der Waals surface area contributed by atoms with Crippen molar-refractivity contribution < 1.29 is 0 Å². The van der Waals surface area contributed by atoms with Crippen LogP contribution in [0.25, 0.3) is 0 Å². The van der Waals surface area contributed by atoms with E-state index in [0.29, 0.717) is 0 Å². The minimum absolute atomic E-state index is 0.832. The molecule has 0 unspecified atom stereocenters. The van der Waals surface area contributed by atoms with Gasteiger partial charge in [0, 0.05) is 0 Å². The molecule has 2 fully saturated rings. The lowest BCUT2D eigenvalue weighted by atomic mass is 9.77. The zero-order valence-corrected chi connectivity index (χ0v) is 16.6. The Morgan fingerprint density at radius 1 is 0.625 bits per heavy atom. The summed E-state index contributed by atoms with van der Waals surface area (Å²) in [5.74, 6) is 4.03. The van der Waals surface area contributed by atoms with Crippen molar-refractivity contribution in [2.24, 2.45) is 23.7 Å². The van der Waals surface area contributed by atoms with Crippen molar-refractivity contribution in [2.45, 2.75) is 116 Å². The molecular weight excluding hydrogens is 288 g/mol. The van der Waals surface area contributed by atoms with E-state index in [1.54, 1.807) is 25.7 Å². The van der Waals surface area contributed by atoms with E-state index in [0.717, 1.165) is 23.7 Å². The van der Waals surface area contributed by atoms with Crippen LogP contribution < -0.4 is 0 Å². The van der Waals surface area contributed by atoms with Crippen LogP contribution in [0.4, 0.5) is 0 Å². The topological polar surface area (TPSA) is 0 Å². The van der Waals surface area contributed by atoms with Gasteiger partial charge in [-0.1, -0.05) is 96.5 Å². The average Bonchev–Trinajstić information content (AvgIpc) is 2.64. The molecule has 0 aromatic rings. The maximum absolute atomic E-state index is 3.97. The average molecular weight is 333 g/mol. The van der Waals surface area contributed by atoms with Gasteiger partial charge in [-0.2, -0.15) is 0 Å². The molecule has 0 heterocycles. The molecule has 0 saturated heterocycles. The lowest BCUT2D eigenvalue weighted by Crippen LogP contribution is -2.15. The van der Waals surface area contributed by atoms with Gasteiger partial charge in [-0.3, -0.25) is 0 Å². The Balaban J connectivity index is 1.44. The van der Waals surface area contributed by atoms with Crippen molar-refractivity contribution in [3.05, 3.63) is 12.7 Å². The van der Waals surface area contributed by atoms with E-state index in [2.05, 4.69) is 19.6 Å². The number of hydrogen-bond donors (Lipinski definition) is 0. The van der Waals surface area contributed by atoms with Crippen LogP contribution in [-0.2, 0) is 0 Å². The Hall–Kier alpha value is -0.260. The number of unbranched alkanes of at least 4 members (excludes halogenated alkanes) is 4. The summed E-state index contributed by atoms with van der Waals surface area (Å²) in [6.07, 6.45) is 27.5. The summed E-state index contributed by atoms with van der Waals surface area (Å²) in [4.78, 5) is 0. The summed E-state index contributed by atoms with van der Waals surface area (Å²) >= 11 is 0. The highest BCUT2D eigenvalue weighted by molar-refractivity contribution is 4.84. The first kappa shape index (κ1) is 20.1. The fourth-order valence-corrected chi connectivity index (χ4v) is 5.25. The van der Waals surface area contributed by atoms with Gasteiger partial charge < -0.3 is 0 Å². The van der Waals surface area contributed by atoms with E-state index in [9.17, 15) is 0 Å². The fourth-order valence-electron chi connectivity index (χ4n) is 5.25. The first-order valence-corrected chi connectivity index (χ1v) is 11.4. The molecule has 0 atom stereocenters. The van der Waals surface area contributed by atoms with Crippen LogP contribution in [0.1, 0.15) is 116 Å². The summed E-state index contributed by atoms with van der Waals surface area (Å²) in [7, 11) is 0. The van der Waals surface area contributed by atoms with E-state index in [1.807, 2.05) is 0 Å². The van der Waals surface area contributed by atoms with Gasteiger partial charge in [0.05, 0.1) is 0 Å². The second kappa shape index (κ2) is 12.2. The molecule has 2 aliphatic carbocycles. The monoisotopic (exact) mass is 332 g/mol. The van der Waals surface area contributed by atoms with Crippen molar-refractivity contribution in [3.63, 3.8) is 0 Å². The van der Waals surface area contributed by atoms with Gasteiger partial charge in [0.2, 0.25) is 0 Å². The maximum Gasteiger partial charge on any atom is -0.0236 e. The molecule has 0 N–H and O–H groups in total. The van der Waals surface area contributed by atoms with Crippen LogP contribution in [-0.4, -0.2) is 0 Å². The second-order valence-electron chi connectivity index (χ2n) is 9.04. The standard InChI is InChI=1S/C24H44/c1-3-5-6-7-10-22-17-19-24(20-18-22)12-9-8-11-23-15-13-21(4-2)14-16-23/h4,21-24H,2-3,5-20H2,1H3. The molecule has 140 valence electrons. The minimum atomic E-state index is 0.832. The van der Waals surface area contributed by atoms with Crippen LogP contribution in [0.15, 0.2) is 12.7 Å². The van der Waals surface area contributed by atoms with Crippen molar-refractivity contribution >= 4 is 0 Å². The normalized spacial score (nSPS) is 31.0. The fraction of sp³-hybridized carbons (Fsp3) is 0.917. The predicted molar refractivity (Wildman–Crippen MR) is 108 cm³/mol. The van der Waals surface area contributed by atoms with Crippen LogP contribution >= 0.6 is 0 Å². The summed E-state index contributed by atoms with van der Waals surface area (Å²) in [6.45, 7) is 6.28. The Morgan fingerprint density at radius 2 is 1.04 bits per heavy atom. The first-order chi connectivity index (χ1) is 11.8. The summed E-state index contributed by atoms with van der Waals surface area (Å²) in [5.41, 5.74) is 0. The van der Waals surface area contributed by atoms with E-state index < -0.39 is 0 Å². The molecule has 0 nitrogen and oxygen atoms in total. The Labute approximate surface area is 152 Å². The van der Waals surface area contributed by atoms with E-state index in [4.69, 9.17) is 0 Å². The van der Waals surface area contributed by atoms with Crippen LogP contribution in [0.2, 0.25) is 0 Å². The largest absolute Gasteiger partial charge is 0.103 e. The molecule has 0 bridgehead atoms. The van der Waals surface area contributed by atoms with Crippen LogP contribution in [0.3, 0.4) is 0 Å². The van der Waals surface area contributed by atoms with Gasteiger partial charge in [-0.05, 0) is 49.4 Å². The third-order valence-electron chi connectivity index (χ3n) is 7.13. The minimum Gasteiger partial charge on any atom is -0.103 e. The summed E-state index contributed by atoms with van der Waals surface area (Å²) in [5, 5.41) is 0. The van der Waals surface area contributed by atoms with Crippen molar-refractivity contribution in [2.75, 3.05) is 0 Å². The molecule has 24 heavy (non-hydrogen) atoms. The van der Waals surface area contributed by atoms with Gasteiger partial charge in [-0.15, -0.1) is 6.58 Å². The number of hydrogen-bond acceptors (Lipinski definition) is 0. The lowest BCUT2D eigenvalue weighted by molar-refractivity contribution is 0.239. The van der Waals surface area contributed by atoms with Gasteiger partial charge in [0.25, 0.3) is 0 Å². The van der Waals surface area contributed by atoms with Crippen molar-refractivity contribution in [3.8, 4) is 0 Å². The van der Waals surface area contributed by atoms with E-state index >= 15 is 0 Å². The van der Waals surface area contributed by atoms with Gasteiger partial charge in [0.15, 0.2) is 0 Å². The molecule has 0 aromatic carbocycles. The van der Waals surface area contributed by atoms with Crippen molar-refractivity contribution in [1.82, 2.24) is 0 Å². The van der Waals surface area contributed by atoms with Gasteiger partial charge in [0.1, 0.15) is 0 Å². The third kappa shape index (κ3) is 7.75. The second-order valence-corrected chi connectivity index (χ2v) is 9.04. The first-order valence-electron chi connectivity index (χ1n) is 11.4. The summed E-state index contributed by atoms with van der Waals surface area (Å²) < 4.78 is 0. The molecule has 0 heteroatoms. The molecule has 2 rings (SSSR count). The molecule has 0 amide bonds. The highest BCUT2D eigenvalue weighted by atomic mass is 14.3. The zero-order chi connectivity index (χ0) is 17.0. The van der Waals surface area contributed by atoms with E-state index in [-0.39, 0.29) is 0 Å². The third-order valence-corrected chi connectivity index (χ3v) is 7.13. The molecule has 0 spiro atoms. The molecular formula is C24H44. The van der Waals surface area contributed by atoms with E-state index in [1.165, 1.54) is 83.5 Å². The zero-order valence-electron chi connectivity index (χ0n) is 16.6. The maximum atomic E-state index is 3.97. The highest BCUT2D eigenvalue weighted by Gasteiger charge is 2.21. The lowest BCUT2D eigenvalue weighted by Gasteiger charge is -2.29. The Morgan fingerprint density at radius 3 is 1.46 bits per heavy atom. The van der Waals surface area contributed by atoms with Gasteiger partial charge >= 0.3 is 0 Å². The predicted octanol–water partition coefficient (Wildman–Crippen LogP) is 8.32. The Bertz CT molecular complexity index is 302. The van der Waals surface area contributed by atoms with Crippen molar-refractivity contribution in [1.29, 1.82) is 0 Å². The molecule has 0 radical (unpaired) electrons. The van der Waals surface area contributed by atoms with Crippen LogP contribution in [0, 0.1) is 23.7 Å². The molecule has 2 saturated carbocycles. The number of rotatable bonds is 11. The molecule has 0 aromatic heterocycles. The molecule has 2 aliphatic rings. The SMILES string of the molecule is C=CC1CCC(CCCCC2CCC(CCCCCC)CC2)CC1. The highest BCUT2D eigenvalue weighted by Crippen LogP contribution is 2.36. The molecule has 0 aliphatic heterocycles. The smallest absolute Gasteiger partial charge is 0.0236 e. The summed E-state index contributed by atoms with van der Waals surface area (Å²) in [6, 6.07) is 0. The van der Waals surface area contributed by atoms with Gasteiger partial charge in [-0.25, -0.2) is 0 Å². The van der Waals surface area contributed by atoms with Crippen LogP contribution in [0.5, 0.6) is 0 Å².